The SMILES string of the molecule is Cc1cc(Oc2ccc(CBr)cc2C#N)ccc1F. The van der Waals surface area contributed by atoms with Crippen molar-refractivity contribution in [3.8, 4) is 17.6 Å². The van der Waals surface area contributed by atoms with E-state index in [4.69, 9.17) is 10.00 Å². The van der Waals surface area contributed by atoms with Crippen molar-refractivity contribution in [2.45, 2.75) is 12.3 Å². The maximum Gasteiger partial charge on any atom is 0.145 e. The molecule has 2 aromatic rings. The molecule has 0 saturated heterocycles. The lowest BCUT2D eigenvalue weighted by Crippen LogP contribution is -1.91. The number of alkyl halides is 1. The molecule has 0 amide bonds. The van der Waals surface area contributed by atoms with Gasteiger partial charge in [0.2, 0.25) is 0 Å². The van der Waals surface area contributed by atoms with Crippen LogP contribution >= 0.6 is 15.9 Å². The van der Waals surface area contributed by atoms with Gasteiger partial charge in [-0.05, 0) is 48.4 Å². The lowest BCUT2D eigenvalue weighted by Gasteiger charge is -2.09. The number of nitrogens with zero attached hydrogens (tertiary/aromatic N) is 1. The minimum absolute atomic E-state index is 0.275. The third-order valence-electron chi connectivity index (χ3n) is 2.68. The molecule has 0 spiro atoms. The van der Waals surface area contributed by atoms with E-state index in [-0.39, 0.29) is 5.82 Å². The predicted molar refractivity (Wildman–Crippen MR) is 75.0 cm³/mol. The summed E-state index contributed by atoms with van der Waals surface area (Å²) in [6.45, 7) is 1.67. The molecule has 0 radical (unpaired) electrons. The third kappa shape index (κ3) is 3.12. The third-order valence-corrected chi connectivity index (χ3v) is 3.32. The zero-order valence-corrected chi connectivity index (χ0v) is 11.9. The molecular weight excluding hydrogens is 309 g/mol. The first-order valence-corrected chi connectivity index (χ1v) is 6.79. The van der Waals surface area contributed by atoms with E-state index < -0.39 is 0 Å². The summed E-state index contributed by atoms with van der Waals surface area (Å²) < 4.78 is 18.8. The lowest BCUT2D eigenvalue weighted by molar-refractivity contribution is 0.478. The van der Waals surface area contributed by atoms with Crippen LogP contribution in [0.15, 0.2) is 36.4 Å². The Bertz CT molecular complexity index is 649. The summed E-state index contributed by atoms with van der Waals surface area (Å²) in [4.78, 5) is 0. The second kappa shape index (κ2) is 5.85. The molecule has 0 heterocycles. The van der Waals surface area contributed by atoms with Crippen molar-refractivity contribution in [2.24, 2.45) is 0 Å². The molecule has 0 saturated carbocycles. The number of hydrogen-bond acceptors (Lipinski definition) is 2. The van der Waals surface area contributed by atoms with Crippen molar-refractivity contribution < 1.29 is 9.13 Å². The number of ether oxygens (including phenoxy) is 1. The monoisotopic (exact) mass is 319 g/mol. The van der Waals surface area contributed by atoms with Gasteiger partial charge in [-0.1, -0.05) is 22.0 Å². The smallest absolute Gasteiger partial charge is 0.145 e. The molecule has 4 heteroatoms. The van der Waals surface area contributed by atoms with Crippen LogP contribution < -0.4 is 4.74 Å². The molecule has 0 N–H and O–H groups in total. The summed E-state index contributed by atoms with van der Waals surface area (Å²) in [6, 6.07) is 12.0. The number of halogens is 2. The van der Waals surface area contributed by atoms with Crippen LogP contribution in [0.5, 0.6) is 11.5 Å². The van der Waals surface area contributed by atoms with Gasteiger partial charge < -0.3 is 4.74 Å². The first kappa shape index (κ1) is 13.6. The highest BCUT2D eigenvalue weighted by Gasteiger charge is 2.07. The van der Waals surface area contributed by atoms with Crippen molar-refractivity contribution >= 4 is 15.9 Å². The van der Waals surface area contributed by atoms with Crippen LogP contribution in [-0.4, -0.2) is 0 Å². The zero-order valence-electron chi connectivity index (χ0n) is 10.3. The maximum atomic E-state index is 13.2. The van der Waals surface area contributed by atoms with Gasteiger partial charge in [-0.3, -0.25) is 0 Å². The van der Waals surface area contributed by atoms with Gasteiger partial charge >= 0.3 is 0 Å². The Morgan fingerprint density at radius 1 is 1.26 bits per heavy atom. The van der Waals surface area contributed by atoms with E-state index in [1.807, 2.05) is 6.07 Å². The van der Waals surface area contributed by atoms with Crippen LogP contribution in [0.4, 0.5) is 4.39 Å². The summed E-state index contributed by atoms with van der Waals surface area (Å²) >= 11 is 3.34. The van der Waals surface area contributed by atoms with E-state index >= 15 is 0 Å². The standard InChI is InChI=1S/C15H11BrFNO/c1-10-6-13(3-4-14(10)17)19-15-5-2-11(8-16)7-12(15)9-18/h2-7H,8H2,1H3. The normalized spacial score (nSPS) is 10.0. The lowest BCUT2D eigenvalue weighted by atomic mass is 10.1. The summed E-state index contributed by atoms with van der Waals surface area (Å²) in [5, 5.41) is 9.79. The van der Waals surface area contributed by atoms with Crippen molar-refractivity contribution in [2.75, 3.05) is 0 Å². The van der Waals surface area contributed by atoms with E-state index in [0.29, 0.717) is 28.0 Å². The van der Waals surface area contributed by atoms with Crippen LogP contribution in [0.25, 0.3) is 0 Å². The Balaban J connectivity index is 2.33. The van der Waals surface area contributed by atoms with Crippen molar-refractivity contribution in [3.63, 3.8) is 0 Å². The molecular formula is C15H11BrFNO. The van der Waals surface area contributed by atoms with E-state index in [1.165, 1.54) is 6.07 Å². The summed E-state index contributed by atoms with van der Waals surface area (Å²) in [5.41, 5.74) is 1.96. The highest BCUT2D eigenvalue weighted by molar-refractivity contribution is 9.08. The second-order valence-electron chi connectivity index (χ2n) is 4.09. The van der Waals surface area contributed by atoms with E-state index in [2.05, 4.69) is 22.0 Å². The Hall–Kier alpha value is -1.86. The van der Waals surface area contributed by atoms with E-state index in [0.717, 1.165) is 5.56 Å². The van der Waals surface area contributed by atoms with Gasteiger partial charge in [0, 0.05) is 5.33 Å². The minimum atomic E-state index is -0.275. The molecule has 0 aliphatic rings. The van der Waals surface area contributed by atoms with Crippen LogP contribution in [0.1, 0.15) is 16.7 Å². The molecule has 0 atom stereocenters. The molecule has 2 aromatic carbocycles. The van der Waals surface area contributed by atoms with Gasteiger partial charge in [-0.25, -0.2) is 4.39 Å². The first-order valence-electron chi connectivity index (χ1n) is 5.67. The maximum absolute atomic E-state index is 13.2. The quantitative estimate of drug-likeness (QED) is 0.769. The number of rotatable bonds is 3. The van der Waals surface area contributed by atoms with Crippen molar-refractivity contribution in [1.29, 1.82) is 5.26 Å². The predicted octanol–water partition coefficient (Wildman–Crippen LogP) is 4.69. The van der Waals surface area contributed by atoms with Crippen LogP contribution in [0, 0.1) is 24.1 Å². The van der Waals surface area contributed by atoms with E-state index in [1.54, 1.807) is 31.2 Å². The summed E-state index contributed by atoms with van der Waals surface area (Å²) in [6.07, 6.45) is 0. The molecule has 0 aromatic heterocycles. The van der Waals surface area contributed by atoms with Gasteiger partial charge in [0.15, 0.2) is 0 Å². The molecule has 0 bridgehead atoms. The highest BCUT2D eigenvalue weighted by atomic mass is 79.9. The highest BCUT2D eigenvalue weighted by Crippen LogP contribution is 2.27. The number of hydrogen-bond donors (Lipinski definition) is 0. The Kier molecular flexibility index (Phi) is 4.18. The van der Waals surface area contributed by atoms with E-state index in [9.17, 15) is 4.39 Å². The fourth-order valence-electron chi connectivity index (χ4n) is 1.64. The Morgan fingerprint density at radius 2 is 2.05 bits per heavy atom. The van der Waals surface area contributed by atoms with Crippen molar-refractivity contribution in [1.82, 2.24) is 0 Å². The molecule has 0 fully saturated rings. The van der Waals surface area contributed by atoms with Crippen LogP contribution in [0.3, 0.4) is 0 Å². The van der Waals surface area contributed by atoms with Crippen molar-refractivity contribution in [3.05, 3.63) is 58.9 Å². The first-order chi connectivity index (χ1) is 9.13. The second-order valence-corrected chi connectivity index (χ2v) is 4.65. The topological polar surface area (TPSA) is 33.0 Å². The molecule has 2 rings (SSSR count). The van der Waals surface area contributed by atoms with Gasteiger partial charge in [-0.2, -0.15) is 5.26 Å². The molecule has 96 valence electrons. The van der Waals surface area contributed by atoms with Gasteiger partial charge in [0.1, 0.15) is 23.4 Å². The van der Waals surface area contributed by atoms with Crippen LogP contribution in [-0.2, 0) is 5.33 Å². The summed E-state index contributed by atoms with van der Waals surface area (Å²) in [5.74, 6) is 0.711. The zero-order chi connectivity index (χ0) is 13.8. The fourth-order valence-corrected chi connectivity index (χ4v) is 1.99. The number of benzene rings is 2. The Labute approximate surface area is 119 Å². The molecule has 0 aliphatic heterocycles. The average molecular weight is 320 g/mol. The van der Waals surface area contributed by atoms with Gasteiger partial charge in [0.25, 0.3) is 0 Å². The summed E-state index contributed by atoms with van der Waals surface area (Å²) in [7, 11) is 0. The molecule has 0 aliphatic carbocycles. The minimum Gasteiger partial charge on any atom is -0.456 e. The number of nitriles is 1. The van der Waals surface area contributed by atoms with Gasteiger partial charge in [0.05, 0.1) is 5.56 Å². The average Bonchev–Trinajstić information content (AvgIpc) is 2.43. The molecule has 2 nitrogen and oxygen atoms in total. The Morgan fingerprint density at radius 3 is 2.68 bits per heavy atom. The molecule has 0 unspecified atom stereocenters. The van der Waals surface area contributed by atoms with Gasteiger partial charge in [-0.15, -0.1) is 0 Å². The van der Waals surface area contributed by atoms with Crippen LogP contribution in [0.2, 0.25) is 0 Å². The molecule has 19 heavy (non-hydrogen) atoms. The fraction of sp³-hybridized carbons (Fsp3) is 0.133. The number of aryl methyl sites for hydroxylation is 1. The largest absolute Gasteiger partial charge is 0.456 e.